The highest BCUT2D eigenvalue weighted by Gasteiger charge is 2.22. The first-order valence-electron chi connectivity index (χ1n) is 4.52. The molecular weight excluding hydrogens is 192 g/mol. The van der Waals surface area contributed by atoms with Gasteiger partial charge in [-0.05, 0) is 12.8 Å². The van der Waals surface area contributed by atoms with Crippen LogP contribution in [0.4, 0.5) is 0 Å². The first-order valence-corrected chi connectivity index (χ1v) is 5.96. The first kappa shape index (κ1) is 10.9. The Morgan fingerprint density at radius 2 is 1.85 bits per heavy atom. The summed E-state index contributed by atoms with van der Waals surface area (Å²) in [7, 11) is -3.32. The van der Waals surface area contributed by atoms with Gasteiger partial charge in [-0.2, -0.15) is 17.4 Å². The van der Waals surface area contributed by atoms with Crippen LogP contribution in [0.1, 0.15) is 19.3 Å². The minimum atomic E-state index is -3.32. The lowest BCUT2D eigenvalue weighted by atomic mass is 10.2. The minimum absolute atomic E-state index is 0.0961. The molecule has 0 aliphatic carbocycles. The monoisotopic (exact) mass is 208 g/mol. The number of hydrogen-bond acceptors (Lipinski definition) is 3. The summed E-state index contributed by atoms with van der Waals surface area (Å²) in [5.41, 5.74) is 0. The van der Waals surface area contributed by atoms with Gasteiger partial charge < -0.3 is 5.11 Å². The topological polar surface area (TPSA) is 69.6 Å². The van der Waals surface area contributed by atoms with Crippen molar-refractivity contribution in [1.29, 1.82) is 0 Å². The molecule has 1 aliphatic rings. The number of nitrogens with one attached hydrogen (secondary N) is 1. The van der Waals surface area contributed by atoms with E-state index in [1.54, 1.807) is 0 Å². The molecular formula is C7H16N2O3S. The molecule has 1 saturated heterocycles. The lowest BCUT2D eigenvalue weighted by molar-refractivity contribution is 0.295. The van der Waals surface area contributed by atoms with E-state index in [1.807, 2.05) is 0 Å². The molecule has 78 valence electrons. The van der Waals surface area contributed by atoms with Gasteiger partial charge in [-0.3, -0.25) is 0 Å². The van der Waals surface area contributed by atoms with Crippen LogP contribution in [0.25, 0.3) is 0 Å². The van der Waals surface area contributed by atoms with E-state index >= 15 is 0 Å². The molecule has 0 aromatic carbocycles. The summed E-state index contributed by atoms with van der Waals surface area (Å²) in [5.74, 6) is 0. The van der Waals surface area contributed by atoms with Crippen molar-refractivity contribution in [2.24, 2.45) is 0 Å². The summed E-state index contributed by atoms with van der Waals surface area (Å²) in [6.45, 7) is 1.13. The summed E-state index contributed by atoms with van der Waals surface area (Å²) in [4.78, 5) is 0. The molecule has 0 spiro atoms. The van der Waals surface area contributed by atoms with Crippen molar-refractivity contribution in [3.8, 4) is 0 Å². The molecule has 1 rings (SSSR count). The predicted octanol–water partition coefficient (Wildman–Crippen LogP) is -0.701. The molecule has 0 aromatic heterocycles. The van der Waals surface area contributed by atoms with E-state index in [2.05, 4.69) is 4.72 Å². The van der Waals surface area contributed by atoms with Gasteiger partial charge in [0.15, 0.2) is 0 Å². The van der Waals surface area contributed by atoms with Gasteiger partial charge in [-0.25, -0.2) is 0 Å². The SMILES string of the molecule is O=S(=O)(NCCO)N1CCCCC1. The fourth-order valence-electron chi connectivity index (χ4n) is 1.37. The zero-order chi connectivity index (χ0) is 9.73. The maximum atomic E-state index is 11.4. The maximum Gasteiger partial charge on any atom is 0.279 e. The van der Waals surface area contributed by atoms with E-state index in [-0.39, 0.29) is 13.2 Å². The Balaban J connectivity index is 2.47. The van der Waals surface area contributed by atoms with Crippen molar-refractivity contribution < 1.29 is 13.5 Å². The van der Waals surface area contributed by atoms with Crippen molar-refractivity contribution in [2.45, 2.75) is 19.3 Å². The second-order valence-electron chi connectivity index (χ2n) is 3.08. The fraction of sp³-hybridized carbons (Fsp3) is 1.00. The van der Waals surface area contributed by atoms with Crippen molar-refractivity contribution >= 4 is 10.2 Å². The van der Waals surface area contributed by atoms with Crippen LogP contribution >= 0.6 is 0 Å². The fourth-order valence-corrected chi connectivity index (χ4v) is 2.64. The van der Waals surface area contributed by atoms with Crippen molar-refractivity contribution in [1.82, 2.24) is 9.03 Å². The molecule has 2 N–H and O–H groups in total. The average molecular weight is 208 g/mol. The van der Waals surface area contributed by atoms with Crippen LogP contribution in [0.5, 0.6) is 0 Å². The van der Waals surface area contributed by atoms with Gasteiger partial charge in [-0.1, -0.05) is 6.42 Å². The molecule has 6 heteroatoms. The smallest absolute Gasteiger partial charge is 0.279 e. The van der Waals surface area contributed by atoms with Gasteiger partial charge in [0, 0.05) is 19.6 Å². The Hall–Kier alpha value is -0.170. The standard InChI is InChI=1S/C7H16N2O3S/c10-7-4-8-13(11,12)9-5-2-1-3-6-9/h8,10H,1-7H2. The van der Waals surface area contributed by atoms with Gasteiger partial charge >= 0.3 is 0 Å². The van der Waals surface area contributed by atoms with Gasteiger partial charge in [0.05, 0.1) is 6.61 Å². The summed E-state index contributed by atoms with van der Waals surface area (Å²) < 4.78 is 26.7. The Morgan fingerprint density at radius 1 is 1.23 bits per heavy atom. The molecule has 5 nitrogen and oxygen atoms in total. The number of aliphatic hydroxyl groups is 1. The number of rotatable bonds is 4. The Kier molecular flexibility index (Phi) is 4.11. The normalized spacial score (nSPS) is 20.4. The predicted molar refractivity (Wildman–Crippen MR) is 49.4 cm³/mol. The second kappa shape index (κ2) is 4.90. The van der Waals surface area contributed by atoms with Crippen LogP contribution in [0.3, 0.4) is 0 Å². The summed E-state index contributed by atoms with van der Waals surface area (Å²) in [6, 6.07) is 0. The van der Waals surface area contributed by atoms with Gasteiger partial charge in [-0.15, -0.1) is 0 Å². The van der Waals surface area contributed by atoms with E-state index in [1.165, 1.54) is 4.31 Å². The molecule has 13 heavy (non-hydrogen) atoms. The van der Waals surface area contributed by atoms with E-state index < -0.39 is 10.2 Å². The molecule has 1 aliphatic heterocycles. The van der Waals surface area contributed by atoms with Crippen LogP contribution in [0, 0.1) is 0 Å². The van der Waals surface area contributed by atoms with Gasteiger partial charge in [0.1, 0.15) is 0 Å². The number of aliphatic hydroxyl groups excluding tert-OH is 1. The Labute approximate surface area is 78.9 Å². The maximum absolute atomic E-state index is 11.4. The third-order valence-corrected chi connectivity index (χ3v) is 3.67. The Bertz CT molecular complexity index is 234. The van der Waals surface area contributed by atoms with Crippen LogP contribution in [-0.4, -0.2) is 44.1 Å². The van der Waals surface area contributed by atoms with Gasteiger partial charge in [0.2, 0.25) is 0 Å². The van der Waals surface area contributed by atoms with Gasteiger partial charge in [0.25, 0.3) is 10.2 Å². The highest BCUT2D eigenvalue weighted by atomic mass is 32.2. The van der Waals surface area contributed by atoms with Crippen molar-refractivity contribution in [3.05, 3.63) is 0 Å². The van der Waals surface area contributed by atoms with Crippen molar-refractivity contribution in [3.63, 3.8) is 0 Å². The number of piperidine rings is 1. The minimum Gasteiger partial charge on any atom is -0.395 e. The third-order valence-electron chi connectivity index (χ3n) is 2.05. The van der Waals surface area contributed by atoms with E-state index in [4.69, 9.17) is 5.11 Å². The van der Waals surface area contributed by atoms with Crippen molar-refractivity contribution in [2.75, 3.05) is 26.2 Å². The highest BCUT2D eigenvalue weighted by molar-refractivity contribution is 7.87. The highest BCUT2D eigenvalue weighted by Crippen LogP contribution is 2.11. The molecule has 1 heterocycles. The lowest BCUT2D eigenvalue weighted by Gasteiger charge is -2.25. The number of hydrogen-bond donors (Lipinski definition) is 2. The van der Waals surface area contributed by atoms with Crippen LogP contribution in [-0.2, 0) is 10.2 Å². The first-order chi connectivity index (χ1) is 6.17. The third kappa shape index (κ3) is 3.22. The number of nitrogens with zero attached hydrogens (tertiary/aromatic N) is 1. The molecule has 0 aromatic rings. The Morgan fingerprint density at radius 3 is 2.38 bits per heavy atom. The molecule has 0 saturated carbocycles. The lowest BCUT2D eigenvalue weighted by Crippen LogP contribution is -2.44. The quantitative estimate of drug-likeness (QED) is 0.642. The van der Waals surface area contributed by atoms with Crippen LogP contribution < -0.4 is 4.72 Å². The molecule has 0 bridgehead atoms. The van der Waals surface area contributed by atoms with Crippen LogP contribution in [0.2, 0.25) is 0 Å². The van der Waals surface area contributed by atoms with E-state index in [0.717, 1.165) is 19.3 Å². The van der Waals surface area contributed by atoms with E-state index in [0.29, 0.717) is 13.1 Å². The molecule has 0 unspecified atom stereocenters. The largest absolute Gasteiger partial charge is 0.395 e. The summed E-state index contributed by atoms with van der Waals surface area (Å²) in [5, 5.41) is 8.48. The zero-order valence-electron chi connectivity index (χ0n) is 7.57. The van der Waals surface area contributed by atoms with Crippen LogP contribution in [0.15, 0.2) is 0 Å². The molecule has 0 radical (unpaired) electrons. The summed E-state index contributed by atoms with van der Waals surface area (Å²) >= 11 is 0. The zero-order valence-corrected chi connectivity index (χ0v) is 8.39. The summed E-state index contributed by atoms with van der Waals surface area (Å²) in [6.07, 6.45) is 2.96. The van der Waals surface area contributed by atoms with E-state index in [9.17, 15) is 8.42 Å². The molecule has 0 atom stereocenters. The molecule has 0 amide bonds. The average Bonchev–Trinajstić information content (AvgIpc) is 2.16. The molecule has 1 fully saturated rings. The second-order valence-corrected chi connectivity index (χ2v) is 4.84.